The topological polar surface area (TPSA) is 143 Å². The summed E-state index contributed by atoms with van der Waals surface area (Å²) < 4.78 is 17.6. The second-order valence-electron chi connectivity index (χ2n) is 6.01. The van der Waals surface area contributed by atoms with Crippen molar-refractivity contribution in [1.29, 1.82) is 0 Å². The summed E-state index contributed by atoms with van der Waals surface area (Å²) in [6, 6.07) is 15.4. The smallest absolute Gasteiger partial charge is 0.413 e. The van der Waals surface area contributed by atoms with Gasteiger partial charge in [0.15, 0.2) is 14.9 Å². The van der Waals surface area contributed by atoms with Crippen LogP contribution in [0.5, 0.6) is 0 Å². The van der Waals surface area contributed by atoms with Gasteiger partial charge in [0.25, 0.3) is 5.69 Å². The van der Waals surface area contributed by atoms with Gasteiger partial charge in [-0.3, -0.25) is 15.4 Å². The van der Waals surface area contributed by atoms with E-state index in [4.69, 9.17) is 18.0 Å². The van der Waals surface area contributed by atoms with Crippen molar-refractivity contribution in [3.63, 3.8) is 0 Å². The maximum atomic E-state index is 13.1. The third-order valence-corrected chi connectivity index (χ3v) is 5.68. The number of ether oxygens (including phenoxy) is 1. The SMILES string of the molecule is COC(=O)NC(=S)Nc1cc([S+]([O-])c2ccc3ccccc3c2)cc([N+](=O)[O-])c1N. The summed E-state index contributed by atoms with van der Waals surface area (Å²) >= 11 is 3.25. The third kappa shape index (κ3) is 4.59. The van der Waals surface area contributed by atoms with Gasteiger partial charge in [-0.2, -0.15) is 0 Å². The van der Waals surface area contributed by atoms with Gasteiger partial charge in [0.1, 0.15) is 5.69 Å². The first-order valence-corrected chi connectivity index (χ1v) is 10.0. The van der Waals surface area contributed by atoms with Crippen LogP contribution in [0, 0.1) is 10.1 Å². The minimum absolute atomic E-state index is 0.0368. The minimum atomic E-state index is -1.73. The molecule has 0 saturated heterocycles. The molecule has 3 aromatic carbocycles. The Balaban J connectivity index is 2.00. The van der Waals surface area contributed by atoms with Gasteiger partial charge in [0, 0.05) is 23.3 Å². The van der Waals surface area contributed by atoms with Gasteiger partial charge in [0.2, 0.25) is 0 Å². The van der Waals surface area contributed by atoms with E-state index >= 15 is 0 Å². The first-order valence-electron chi connectivity index (χ1n) is 8.44. The Morgan fingerprint density at radius 1 is 1.13 bits per heavy atom. The highest BCUT2D eigenvalue weighted by Gasteiger charge is 2.25. The van der Waals surface area contributed by atoms with Gasteiger partial charge in [0.05, 0.1) is 23.8 Å². The molecule has 0 bridgehead atoms. The van der Waals surface area contributed by atoms with Crippen molar-refractivity contribution in [2.45, 2.75) is 9.79 Å². The molecule has 1 unspecified atom stereocenters. The number of nitrogens with zero attached hydrogens (tertiary/aromatic N) is 1. The molecular weight excluding hydrogens is 428 g/mol. The molecule has 0 fully saturated rings. The number of methoxy groups -OCH3 is 1. The maximum absolute atomic E-state index is 13.1. The van der Waals surface area contributed by atoms with E-state index in [1.54, 1.807) is 12.1 Å². The van der Waals surface area contributed by atoms with Crippen LogP contribution in [-0.2, 0) is 15.9 Å². The lowest BCUT2D eigenvalue weighted by atomic mass is 10.1. The van der Waals surface area contributed by atoms with E-state index in [0.29, 0.717) is 4.90 Å². The molecule has 1 amide bonds. The van der Waals surface area contributed by atoms with E-state index in [9.17, 15) is 19.5 Å². The second-order valence-corrected chi connectivity index (χ2v) is 7.90. The molecule has 1 atom stereocenters. The zero-order valence-electron chi connectivity index (χ0n) is 15.6. The van der Waals surface area contributed by atoms with Crippen molar-refractivity contribution in [2.24, 2.45) is 0 Å². The number of nitro groups is 1. The number of hydrogen-bond donors (Lipinski definition) is 3. The predicted octanol–water partition coefficient (Wildman–Crippen LogP) is 3.55. The van der Waals surface area contributed by atoms with Crippen molar-refractivity contribution < 1.29 is 19.0 Å². The van der Waals surface area contributed by atoms with Crippen LogP contribution >= 0.6 is 12.2 Å². The number of alkyl carbamates (subject to hydrolysis) is 1. The van der Waals surface area contributed by atoms with Gasteiger partial charge in [-0.1, -0.05) is 24.3 Å². The normalized spacial score (nSPS) is 11.5. The number of nitrogen functional groups attached to an aromatic ring is 1. The molecule has 0 saturated carbocycles. The van der Waals surface area contributed by atoms with Crippen LogP contribution in [0.25, 0.3) is 10.8 Å². The average Bonchev–Trinajstić information content (AvgIpc) is 2.73. The number of fused-ring (bicyclic) bond motifs is 1. The Morgan fingerprint density at radius 2 is 1.83 bits per heavy atom. The fourth-order valence-electron chi connectivity index (χ4n) is 2.69. The quantitative estimate of drug-likeness (QED) is 0.182. The number of carbonyl (C=O) groups excluding carboxylic acids is 1. The number of nitrogens with two attached hydrogens (primary N) is 1. The number of hydrogen-bond acceptors (Lipinski definition) is 7. The fourth-order valence-corrected chi connectivity index (χ4v) is 4.02. The lowest BCUT2D eigenvalue weighted by Crippen LogP contribution is -2.34. The molecule has 0 radical (unpaired) electrons. The molecule has 0 aromatic heterocycles. The Morgan fingerprint density at radius 3 is 2.50 bits per heavy atom. The van der Waals surface area contributed by atoms with E-state index in [-0.39, 0.29) is 21.4 Å². The van der Waals surface area contributed by atoms with Crippen molar-refractivity contribution >= 4 is 62.4 Å². The van der Waals surface area contributed by atoms with Gasteiger partial charge >= 0.3 is 6.09 Å². The zero-order chi connectivity index (χ0) is 21.8. The number of thiocarbonyl (C=S) groups is 1. The van der Waals surface area contributed by atoms with Gasteiger partial charge in [-0.15, -0.1) is 0 Å². The molecule has 0 aliphatic heterocycles. The molecule has 0 heterocycles. The van der Waals surface area contributed by atoms with Gasteiger partial charge in [-0.05, 0) is 35.1 Å². The molecule has 0 aliphatic carbocycles. The van der Waals surface area contributed by atoms with Crippen LogP contribution in [0.4, 0.5) is 21.9 Å². The Hall–Kier alpha value is -3.41. The molecule has 9 nitrogen and oxygen atoms in total. The molecule has 4 N–H and O–H groups in total. The van der Waals surface area contributed by atoms with E-state index < -0.39 is 27.9 Å². The van der Waals surface area contributed by atoms with E-state index in [1.165, 1.54) is 6.07 Å². The number of carbonyl (C=O) groups is 1. The van der Waals surface area contributed by atoms with Crippen LogP contribution in [0.1, 0.15) is 0 Å². The maximum Gasteiger partial charge on any atom is 0.413 e. The molecule has 0 aliphatic rings. The van der Waals surface area contributed by atoms with Crippen LogP contribution in [0.3, 0.4) is 0 Å². The summed E-state index contributed by atoms with van der Waals surface area (Å²) in [5.74, 6) is 0. The molecule has 0 spiro atoms. The van der Waals surface area contributed by atoms with Crippen molar-refractivity contribution in [3.05, 3.63) is 64.7 Å². The summed E-state index contributed by atoms with van der Waals surface area (Å²) in [6.45, 7) is 0. The Kier molecular flexibility index (Phi) is 6.35. The van der Waals surface area contributed by atoms with Crippen LogP contribution < -0.4 is 16.4 Å². The second kappa shape index (κ2) is 8.95. The first-order chi connectivity index (χ1) is 14.3. The number of benzene rings is 3. The highest BCUT2D eigenvalue weighted by molar-refractivity contribution is 7.91. The predicted molar refractivity (Wildman–Crippen MR) is 118 cm³/mol. The average molecular weight is 444 g/mol. The van der Waals surface area contributed by atoms with E-state index in [1.807, 2.05) is 30.3 Å². The largest absolute Gasteiger partial charge is 0.606 e. The molecule has 11 heteroatoms. The molecule has 154 valence electrons. The van der Waals surface area contributed by atoms with Crippen LogP contribution in [-0.4, -0.2) is 27.8 Å². The van der Waals surface area contributed by atoms with Crippen molar-refractivity contribution in [3.8, 4) is 0 Å². The lowest BCUT2D eigenvalue weighted by Gasteiger charge is -2.15. The highest BCUT2D eigenvalue weighted by Crippen LogP contribution is 2.35. The lowest BCUT2D eigenvalue weighted by molar-refractivity contribution is -0.384. The molecule has 3 aromatic rings. The number of nitro benzene ring substituents is 1. The first kappa shape index (κ1) is 21.3. The fraction of sp³-hybridized carbons (Fsp3) is 0.0526. The van der Waals surface area contributed by atoms with Gasteiger partial charge in [-0.25, -0.2) is 4.79 Å². The third-order valence-electron chi connectivity index (χ3n) is 4.13. The number of anilines is 2. The summed E-state index contributed by atoms with van der Waals surface area (Å²) in [5.41, 5.74) is 5.25. The summed E-state index contributed by atoms with van der Waals surface area (Å²) in [6.07, 6.45) is -0.823. The molecule has 3 rings (SSSR count). The number of amides is 1. The summed E-state index contributed by atoms with van der Waals surface area (Å²) in [4.78, 5) is 22.7. The standard InChI is InChI=1S/C19H16N4O5S2/c1-28-19(24)22-18(29)21-15-9-14(10-16(17(15)20)23(25)26)30(27)13-7-6-11-4-2-3-5-12(11)8-13/h2-10H,20H2,1H3,(H2,21,22,24,29). The highest BCUT2D eigenvalue weighted by atomic mass is 32.2. The monoisotopic (exact) mass is 444 g/mol. The van der Waals surface area contributed by atoms with E-state index in [0.717, 1.165) is 23.9 Å². The molecule has 30 heavy (non-hydrogen) atoms. The Labute approximate surface area is 179 Å². The van der Waals surface area contributed by atoms with Crippen molar-refractivity contribution in [2.75, 3.05) is 18.2 Å². The van der Waals surface area contributed by atoms with Crippen LogP contribution in [0.2, 0.25) is 0 Å². The summed E-state index contributed by atoms with van der Waals surface area (Å²) in [7, 11) is 1.16. The number of rotatable bonds is 4. The van der Waals surface area contributed by atoms with Crippen LogP contribution in [0.15, 0.2) is 64.4 Å². The Bertz CT molecular complexity index is 1150. The van der Waals surface area contributed by atoms with Gasteiger partial charge < -0.3 is 20.3 Å². The molecular formula is C19H16N4O5S2. The zero-order valence-corrected chi connectivity index (χ0v) is 17.2. The number of nitrogens with one attached hydrogen (secondary N) is 2. The summed E-state index contributed by atoms with van der Waals surface area (Å²) in [5, 5.41) is 17.9. The minimum Gasteiger partial charge on any atom is -0.606 e. The van der Waals surface area contributed by atoms with E-state index in [2.05, 4.69) is 15.4 Å². The van der Waals surface area contributed by atoms with Crippen molar-refractivity contribution in [1.82, 2.24) is 5.32 Å².